The van der Waals surface area contributed by atoms with Gasteiger partial charge in [-0.25, -0.2) is 9.00 Å². The Hall–Kier alpha value is -0.180. The molecule has 5 heteroatoms. The zero-order valence-corrected chi connectivity index (χ0v) is 6.12. The third-order valence-electron chi connectivity index (χ3n) is 0.292. The van der Waals surface area contributed by atoms with Crippen LogP contribution in [0.25, 0.3) is 0 Å². The first-order valence-corrected chi connectivity index (χ1v) is 5.31. The topological polar surface area (TPSA) is 46.5 Å². The second-order valence-electron chi connectivity index (χ2n) is 1.80. The second-order valence-corrected chi connectivity index (χ2v) is 7.87. The first kappa shape index (κ1) is 7.82. The molecule has 0 atom stereocenters. The summed E-state index contributed by atoms with van der Waals surface area (Å²) < 4.78 is 13.6. The number of isocyanates is 1. The van der Waals surface area contributed by atoms with Gasteiger partial charge in [-0.15, -0.1) is 4.40 Å². The Morgan fingerprint density at radius 1 is 1.62 bits per heavy atom. The van der Waals surface area contributed by atoms with E-state index < -0.39 is 8.47 Å². The average Bonchev–Trinajstić information content (AvgIpc) is 1.25. The Bertz CT molecular complexity index is 188. The summed E-state index contributed by atoms with van der Waals surface area (Å²) in [6, 6.07) is 0. The van der Waals surface area contributed by atoms with Crippen molar-refractivity contribution in [3.8, 4) is 0 Å². The fraction of sp³-hybridized carbons (Fsp3) is 0.667. The van der Waals surface area contributed by atoms with Gasteiger partial charge in [-0.1, -0.05) is 0 Å². The summed E-state index contributed by atoms with van der Waals surface area (Å²) in [5.41, 5.74) is 0. The molecule has 0 rings (SSSR count). The van der Waals surface area contributed by atoms with Crippen LogP contribution < -0.4 is 0 Å². The lowest BCUT2D eigenvalue weighted by Gasteiger charge is -2.15. The molecule has 0 aliphatic heterocycles. The standard InChI is InChI=1S/C3H6ClNO2S/c1-8(2,4,7)5-3-6/h1-2H3. The fourth-order valence-corrected chi connectivity index (χ4v) is 0.396. The van der Waals surface area contributed by atoms with Crippen molar-refractivity contribution in [3.63, 3.8) is 0 Å². The fourth-order valence-electron chi connectivity index (χ4n) is 0.104. The molecule has 0 aromatic carbocycles. The summed E-state index contributed by atoms with van der Waals surface area (Å²) in [5, 5.41) is 0. The Morgan fingerprint density at radius 3 is 2.00 bits per heavy atom. The Morgan fingerprint density at radius 2 is 2.00 bits per heavy atom. The van der Waals surface area contributed by atoms with Gasteiger partial charge >= 0.3 is 0 Å². The largest absolute Gasteiger partial charge is 0.249 e. The van der Waals surface area contributed by atoms with Crippen LogP contribution in [0.4, 0.5) is 0 Å². The molecular weight excluding hydrogens is 150 g/mol. The number of hydrogen-bond acceptors (Lipinski definition) is 2. The number of rotatable bonds is 1. The predicted molar refractivity (Wildman–Crippen MR) is 34.0 cm³/mol. The van der Waals surface area contributed by atoms with E-state index in [1.165, 1.54) is 12.5 Å². The van der Waals surface area contributed by atoms with Crippen LogP contribution in [0.3, 0.4) is 0 Å². The molecule has 0 heterocycles. The third kappa shape index (κ3) is 5.82. The third-order valence-corrected chi connectivity index (χ3v) is 1.08. The van der Waals surface area contributed by atoms with E-state index in [4.69, 9.17) is 10.7 Å². The molecule has 0 saturated heterocycles. The minimum Gasteiger partial charge on any atom is -0.247 e. The molecule has 0 unspecified atom stereocenters. The summed E-state index contributed by atoms with van der Waals surface area (Å²) in [5.74, 6) is 0. The normalized spacial score (nSPS) is 15.6. The van der Waals surface area contributed by atoms with Gasteiger partial charge in [0.1, 0.15) is 0 Å². The van der Waals surface area contributed by atoms with E-state index in [1.807, 2.05) is 0 Å². The highest BCUT2D eigenvalue weighted by atomic mass is 35.7. The van der Waals surface area contributed by atoms with Gasteiger partial charge in [0.25, 0.3) is 0 Å². The van der Waals surface area contributed by atoms with Crippen molar-refractivity contribution in [2.24, 2.45) is 4.40 Å². The lowest BCUT2D eigenvalue weighted by molar-refractivity contribution is 0.565. The highest BCUT2D eigenvalue weighted by Gasteiger charge is 2.17. The van der Waals surface area contributed by atoms with Crippen LogP contribution >= 0.6 is 10.7 Å². The van der Waals surface area contributed by atoms with Crippen LogP contribution in [0.2, 0.25) is 0 Å². The average molecular weight is 156 g/mol. The summed E-state index contributed by atoms with van der Waals surface area (Å²) in [4.78, 5) is 9.48. The maximum Gasteiger partial charge on any atom is 0.249 e. The predicted octanol–water partition coefficient (Wildman–Crippen LogP) is 0.471. The van der Waals surface area contributed by atoms with Gasteiger partial charge in [0, 0.05) is 12.5 Å². The molecule has 0 amide bonds. The monoisotopic (exact) mass is 155 g/mol. The molecule has 0 aromatic heterocycles. The summed E-state index contributed by atoms with van der Waals surface area (Å²) in [6.07, 6.45) is 3.50. The zero-order chi connectivity index (χ0) is 6.86. The molecule has 0 bridgehead atoms. The van der Waals surface area contributed by atoms with Crippen molar-refractivity contribution in [2.45, 2.75) is 0 Å². The van der Waals surface area contributed by atoms with Crippen LogP contribution in [-0.4, -0.2) is 22.8 Å². The molecule has 0 aromatic rings. The first-order valence-electron chi connectivity index (χ1n) is 1.75. The zero-order valence-electron chi connectivity index (χ0n) is 4.55. The lowest BCUT2D eigenvalue weighted by Crippen LogP contribution is -2.15. The molecule has 0 spiro atoms. The number of nitrogens with zero attached hydrogens (tertiary/aromatic N) is 1. The molecule has 8 heavy (non-hydrogen) atoms. The smallest absolute Gasteiger partial charge is 0.247 e. The number of carbonyl (C=O) groups excluding carboxylic acids is 1. The maximum absolute atomic E-state index is 10.7. The molecule has 3 nitrogen and oxygen atoms in total. The molecule has 0 aliphatic carbocycles. The van der Waals surface area contributed by atoms with Crippen molar-refractivity contribution in [3.05, 3.63) is 0 Å². The van der Waals surface area contributed by atoms with Gasteiger partial charge in [-0.2, -0.15) is 0 Å². The van der Waals surface area contributed by atoms with Crippen molar-refractivity contribution >= 4 is 25.2 Å². The summed E-state index contributed by atoms with van der Waals surface area (Å²) in [7, 11) is 1.75. The molecule has 0 radical (unpaired) electrons. The summed E-state index contributed by atoms with van der Waals surface area (Å²) >= 11 is 0. The van der Waals surface area contributed by atoms with E-state index in [0.717, 1.165) is 6.08 Å². The quantitative estimate of drug-likeness (QED) is 0.314. The molecule has 0 saturated carbocycles. The van der Waals surface area contributed by atoms with Gasteiger partial charge < -0.3 is 0 Å². The van der Waals surface area contributed by atoms with E-state index in [9.17, 15) is 9.00 Å². The van der Waals surface area contributed by atoms with Gasteiger partial charge in [0.15, 0.2) is 0 Å². The van der Waals surface area contributed by atoms with Gasteiger partial charge in [0.2, 0.25) is 6.08 Å². The SMILES string of the molecule is CS(C)(=O)(Cl)N=C=O. The van der Waals surface area contributed by atoms with Crippen molar-refractivity contribution in [1.82, 2.24) is 0 Å². The highest BCUT2D eigenvalue weighted by molar-refractivity contribution is 8.36. The van der Waals surface area contributed by atoms with E-state index in [-0.39, 0.29) is 0 Å². The van der Waals surface area contributed by atoms with Crippen molar-refractivity contribution in [2.75, 3.05) is 12.5 Å². The molecular formula is C3H6ClNO2S. The molecule has 0 aliphatic rings. The summed E-state index contributed by atoms with van der Waals surface area (Å²) in [6.45, 7) is 0. The highest BCUT2D eigenvalue weighted by Crippen LogP contribution is 2.22. The van der Waals surface area contributed by atoms with E-state index in [0.29, 0.717) is 0 Å². The minimum absolute atomic E-state index is 1.13. The molecule has 0 fully saturated rings. The van der Waals surface area contributed by atoms with Crippen LogP contribution in [0, 0.1) is 0 Å². The van der Waals surface area contributed by atoms with Crippen LogP contribution in [0.1, 0.15) is 0 Å². The Kier molecular flexibility index (Phi) is 1.62. The van der Waals surface area contributed by atoms with Gasteiger partial charge in [0.05, 0.1) is 8.47 Å². The van der Waals surface area contributed by atoms with Gasteiger partial charge in [-0.3, -0.25) is 0 Å². The molecule has 0 N–H and O–H groups in total. The number of halogens is 1. The van der Waals surface area contributed by atoms with Crippen molar-refractivity contribution < 1.29 is 9.00 Å². The van der Waals surface area contributed by atoms with Crippen LogP contribution in [0.5, 0.6) is 0 Å². The van der Waals surface area contributed by atoms with E-state index in [1.54, 1.807) is 0 Å². The minimum atomic E-state index is -3.47. The molecule has 48 valence electrons. The Labute approximate surface area is 51.8 Å². The second kappa shape index (κ2) is 1.65. The first-order chi connectivity index (χ1) is 3.31. The van der Waals surface area contributed by atoms with Crippen molar-refractivity contribution in [1.29, 1.82) is 0 Å². The van der Waals surface area contributed by atoms with E-state index >= 15 is 0 Å². The Balaban J connectivity index is 4.67. The maximum atomic E-state index is 10.7. The lowest BCUT2D eigenvalue weighted by atomic mass is 11.7. The van der Waals surface area contributed by atoms with Crippen LogP contribution in [0.15, 0.2) is 4.40 Å². The van der Waals surface area contributed by atoms with Gasteiger partial charge in [-0.05, 0) is 10.7 Å². The number of hydrogen-bond donors (Lipinski definition) is 0. The van der Waals surface area contributed by atoms with E-state index in [2.05, 4.69) is 4.40 Å². The van der Waals surface area contributed by atoms with Crippen LogP contribution in [-0.2, 0) is 13.3 Å².